The molecule has 0 heterocycles. The van der Waals surface area contributed by atoms with E-state index in [-0.39, 0.29) is 0 Å². The fourth-order valence-electron chi connectivity index (χ4n) is 1.08. The average Bonchev–Trinajstić information content (AvgIpc) is 1.95. The predicted octanol–water partition coefficient (Wildman–Crippen LogP) is 1.75. The summed E-state index contributed by atoms with van der Waals surface area (Å²) in [6.07, 6.45) is 2.51. The first-order valence-corrected chi connectivity index (χ1v) is 4.89. The Hall–Kier alpha value is -0.0800. The number of nitrogens with two attached hydrogens (primary N) is 1. The zero-order valence-electron chi connectivity index (χ0n) is 8.98. The van der Waals surface area contributed by atoms with Gasteiger partial charge in [-0.25, -0.2) is 0 Å². The predicted molar refractivity (Wildman–Crippen MR) is 55.2 cm³/mol. The first kappa shape index (κ1) is 11.9. The lowest BCUT2D eigenvalue weighted by Crippen LogP contribution is -2.31. The lowest BCUT2D eigenvalue weighted by atomic mass is 9.89. The standard InChI is InChI=1S/C10H24N2/c1-9(12-8-7-11)5-6-10(2,3)4/h9,12H,5-8,11H2,1-4H3/t9-/m1/s1. The summed E-state index contributed by atoms with van der Waals surface area (Å²) >= 11 is 0. The molecule has 0 aromatic carbocycles. The molecule has 0 aliphatic carbocycles. The Morgan fingerprint density at radius 3 is 2.33 bits per heavy atom. The van der Waals surface area contributed by atoms with Gasteiger partial charge in [0.05, 0.1) is 0 Å². The molecule has 3 N–H and O–H groups in total. The number of rotatable bonds is 5. The smallest absolute Gasteiger partial charge is 0.00769 e. The van der Waals surface area contributed by atoms with Crippen LogP contribution in [0.1, 0.15) is 40.5 Å². The van der Waals surface area contributed by atoms with Gasteiger partial charge in [0, 0.05) is 19.1 Å². The van der Waals surface area contributed by atoms with E-state index in [1.54, 1.807) is 0 Å². The van der Waals surface area contributed by atoms with E-state index in [1.165, 1.54) is 12.8 Å². The Bertz CT molecular complexity index is 105. The molecule has 0 aromatic heterocycles. The molecule has 0 saturated carbocycles. The van der Waals surface area contributed by atoms with Gasteiger partial charge in [0.15, 0.2) is 0 Å². The summed E-state index contributed by atoms with van der Waals surface area (Å²) in [4.78, 5) is 0. The van der Waals surface area contributed by atoms with Crippen molar-refractivity contribution in [2.45, 2.75) is 46.6 Å². The normalized spacial score (nSPS) is 14.8. The second kappa shape index (κ2) is 5.55. The van der Waals surface area contributed by atoms with E-state index < -0.39 is 0 Å². The van der Waals surface area contributed by atoms with Crippen molar-refractivity contribution in [1.29, 1.82) is 0 Å². The summed E-state index contributed by atoms with van der Waals surface area (Å²) in [7, 11) is 0. The van der Waals surface area contributed by atoms with Crippen molar-refractivity contribution in [1.82, 2.24) is 5.32 Å². The molecule has 1 atom stereocenters. The van der Waals surface area contributed by atoms with Crippen molar-refractivity contribution in [2.24, 2.45) is 11.1 Å². The van der Waals surface area contributed by atoms with Crippen molar-refractivity contribution in [3.05, 3.63) is 0 Å². The number of nitrogens with one attached hydrogen (secondary N) is 1. The molecule has 2 nitrogen and oxygen atoms in total. The third-order valence-corrected chi connectivity index (χ3v) is 1.96. The van der Waals surface area contributed by atoms with E-state index in [2.05, 4.69) is 33.0 Å². The van der Waals surface area contributed by atoms with Crippen LogP contribution >= 0.6 is 0 Å². The van der Waals surface area contributed by atoms with Crippen LogP contribution in [0.5, 0.6) is 0 Å². The zero-order valence-corrected chi connectivity index (χ0v) is 8.98. The van der Waals surface area contributed by atoms with Crippen LogP contribution < -0.4 is 11.1 Å². The Labute approximate surface area is 76.9 Å². The second-order valence-electron chi connectivity index (χ2n) is 4.74. The molecule has 0 radical (unpaired) electrons. The van der Waals surface area contributed by atoms with Crippen molar-refractivity contribution in [3.63, 3.8) is 0 Å². The Kier molecular flexibility index (Phi) is 5.51. The lowest BCUT2D eigenvalue weighted by Gasteiger charge is -2.21. The molecule has 74 valence electrons. The molecule has 0 amide bonds. The SMILES string of the molecule is C[C@H](CCC(C)(C)C)NCCN. The molecule has 0 spiro atoms. The molecule has 0 aliphatic rings. The minimum Gasteiger partial charge on any atom is -0.329 e. The molecule has 0 aliphatic heterocycles. The fourth-order valence-corrected chi connectivity index (χ4v) is 1.08. The van der Waals surface area contributed by atoms with Gasteiger partial charge in [-0.3, -0.25) is 0 Å². The first-order chi connectivity index (χ1) is 5.45. The lowest BCUT2D eigenvalue weighted by molar-refractivity contribution is 0.337. The maximum Gasteiger partial charge on any atom is 0.00769 e. The highest BCUT2D eigenvalue weighted by Gasteiger charge is 2.11. The molecular weight excluding hydrogens is 148 g/mol. The van der Waals surface area contributed by atoms with Gasteiger partial charge in [-0.05, 0) is 25.2 Å². The maximum absolute atomic E-state index is 5.40. The van der Waals surface area contributed by atoms with Crippen molar-refractivity contribution < 1.29 is 0 Å². The van der Waals surface area contributed by atoms with Gasteiger partial charge in [-0.2, -0.15) is 0 Å². The number of hydrogen-bond donors (Lipinski definition) is 2. The molecule has 0 unspecified atom stereocenters. The second-order valence-corrected chi connectivity index (χ2v) is 4.74. The highest BCUT2D eigenvalue weighted by Crippen LogP contribution is 2.21. The molecular formula is C10H24N2. The summed E-state index contributed by atoms with van der Waals surface area (Å²) in [5.74, 6) is 0. The highest BCUT2D eigenvalue weighted by atomic mass is 14.9. The third kappa shape index (κ3) is 8.02. The molecule has 12 heavy (non-hydrogen) atoms. The summed E-state index contributed by atoms with van der Waals surface area (Å²) in [5.41, 5.74) is 5.85. The van der Waals surface area contributed by atoms with Crippen molar-refractivity contribution in [2.75, 3.05) is 13.1 Å². The van der Waals surface area contributed by atoms with E-state index in [0.717, 1.165) is 13.1 Å². The van der Waals surface area contributed by atoms with E-state index in [9.17, 15) is 0 Å². The minimum atomic E-state index is 0.457. The van der Waals surface area contributed by atoms with Crippen LogP contribution in [-0.4, -0.2) is 19.1 Å². The minimum absolute atomic E-state index is 0.457. The average molecular weight is 172 g/mol. The van der Waals surface area contributed by atoms with Gasteiger partial charge in [-0.1, -0.05) is 20.8 Å². The maximum atomic E-state index is 5.40. The van der Waals surface area contributed by atoms with Crippen molar-refractivity contribution in [3.8, 4) is 0 Å². The van der Waals surface area contributed by atoms with Crippen LogP contribution in [0.25, 0.3) is 0 Å². The highest BCUT2D eigenvalue weighted by molar-refractivity contribution is 4.67. The Morgan fingerprint density at radius 2 is 1.92 bits per heavy atom. The van der Waals surface area contributed by atoms with E-state index in [4.69, 9.17) is 5.73 Å². The summed E-state index contributed by atoms with van der Waals surface area (Å²) in [6.45, 7) is 10.7. The fraction of sp³-hybridized carbons (Fsp3) is 1.00. The third-order valence-electron chi connectivity index (χ3n) is 1.96. The van der Waals surface area contributed by atoms with Crippen LogP contribution in [0.3, 0.4) is 0 Å². The van der Waals surface area contributed by atoms with Gasteiger partial charge >= 0.3 is 0 Å². The first-order valence-electron chi connectivity index (χ1n) is 4.89. The van der Waals surface area contributed by atoms with Crippen LogP contribution in [0.4, 0.5) is 0 Å². The van der Waals surface area contributed by atoms with Crippen LogP contribution in [0.15, 0.2) is 0 Å². The van der Waals surface area contributed by atoms with Gasteiger partial charge in [0.2, 0.25) is 0 Å². The van der Waals surface area contributed by atoms with Gasteiger partial charge in [-0.15, -0.1) is 0 Å². The monoisotopic (exact) mass is 172 g/mol. The van der Waals surface area contributed by atoms with Crippen LogP contribution in [0.2, 0.25) is 0 Å². The quantitative estimate of drug-likeness (QED) is 0.663. The Morgan fingerprint density at radius 1 is 1.33 bits per heavy atom. The molecule has 2 heteroatoms. The summed E-state index contributed by atoms with van der Waals surface area (Å²) < 4.78 is 0. The Balaban J connectivity index is 3.37. The van der Waals surface area contributed by atoms with Crippen LogP contribution in [0, 0.1) is 5.41 Å². The number of hydrogen-bond acceptors (Lipinski definition) is 2. The van der Waals surface area contributed by atoms with E-state index >= 15 is 0 Å². The van der Waals surface area contributed by atoms with Gasteiger partial charge in [0.1, 0.15) is 0 Å². The summed E-state index contributed by atoms with van der Waals surface area (Å²) in [5, 5.41) is 3.38. The topological polar surface area (TPSA) is 38.0 Å². The van der Waals surface area contributed by atoms with E-state index in [1.807, 2.05) is 0 Å². The molecule has 0 aromatic rings. The molecule has 0 fully saturated rings. The van der Waals surface area contributed by atoms with Crippen molar-refractivity contribution >= 4 is 0 Å². The van der Waals surface area contributed by atoms with Gasteiger partial charge in [0.25, 0.3) is 0 Å². The van der Waals surface area contributed by atoms with E-state index in [0.29, 0.717) is 11.5 Å². The zero-order chi connectivity index (χ0) is 9.61. The molecule has 0 rings (SSSR count). The van der Waals surface area contributed by atoms with Gasteiger partial charge < -0.3 is 11.1 Å². The summed E-state index contributed by atoms with van der Waals surface area (Å²) in [6, 6.07) is 0.604. The largest absolute Gasteiger partial charge is 0.329 e. The molecule has 0 bridgehead atoms. The molecule has 0 saturated heterocycles. The van der Waals surface area contributed by atoms with Crippen LogP contribution in [-0.2, 0) is 0 Å².